The summed E-state index contributed by atoms with van der Waals surface area (Å²) in [6.07, 6.45) is 1.15. The molecule has 0 saturated carbocycles. The third-order valence-corrected chi connectivity index (χ3v) is 6.13. The number of hydrogen-bond donors (Lipinski definition) is 0. The second-order valence-corrected chi connectivity index (χ2v) is 9.13. The molecule has 0 N–H and O–H groups in total. The van der Waals surface area contributed by atoms with Gasteiger partial charge in [0.15, 0.2) is 9.84 Å². The Labute approximate surface area is 170 Å². The summed E-state index contributed by atoms with van der Waals surface area (Å²) >= 11 is 6.08. The molecule has 0 unspecified atom stereocenters. The van der Waals surface area contributed by atoms with Gasteiger partial charge in [-0.2, -0.15) is 0 Å². The van der Waals surface area contributed by atoms with Crippen molar-refractivity contribution in [2.24, 2.45) is 0 Å². The molecule has 0 atom stereocenters. The van der Waals surface area contributed by atoms with Crippen LogP contribution in [0.2, 0.25) is 5.02 Å². The number of halogens is 1. The molecular formula is C20H23ClN2O4S. The van der Waals surface area contributed by atoms with Crippen LogP contribution in [0.5, 0.6) is 5.75 Å². The lowest BCUT2D eigenvalue weighted by Gasteiger charge is -2.34. The van der Waals surface area contributed by atoms with Gasteiger partial charge < -0.3 is 9.64 Å². The molecule has 1 aliphatic heterocycles. The van der Waals surface area contributed by atoms with Crippen molar-refractivity contribution in [2.45, 2.75) is 4.90 Å². The molecule has 150 valence electrons. The lowest BCUT2D eigenvalue weighted by Crippen LogP contribution is -2.49. The van der Waals surface area contributed by atoms with E-state index in [4.69, 9.17) is 16.3 Å². The van der Waals surface area contributed by atoms with E-state index in [1.54, 1.807) is 23.1 Å². The molecule has 0 spiro atoms. The molecule has 1 heterocycles. The Morgan fingerprint density at radius 2 is 1.68 bits per heavy atom. The zero-order valence-corrected chi connectivity index (χ0v) is 17.2. The molecule has 8 heteroatoms. The molecule has 1 saturated heterocycles. The lowest BCUT2D eigenvalue weighted by atomic mass is 10.2. The Bertz CT molecular complexity index is 923. The fourth-order valence-corrected chi connectivity index (χ4v) is 3.87. The first-order valence-electron chi connectivity index (χ1n) is 9.04. The number of carbonyl (C=O) groups is 1. The van der Waals surface area contributed by atoms with E-state index in [9.17, 15) is 13.2 Å². The number of sulfone groups is 1. The standard InChI is InChI=1S/C20H23ClN2O4S/c1-28(25,26)17-8-6-16(7-9-17)20(24)23-12-10-22(11-13-23)14-15-27-19-5-3-2-4-18(19)21/h2-9H,10-15H2,1H3. The van der Waals surface area contributed by atoms with Crippen LogP contribution in [0.25, 0.3) is 0 Å². The third kappa shape index (κ3) is 5.25. The van der Waals surface area contributed by atoms with Crippen LogP contribution in [-0.2, 0) is 9.84 Å². The molecule has 2 aromatic carbocycles. The Hall–Kier alpha value is -2.09. The van der Waals surface area contributed by atoms with Gasteiger partial charge in [-0.25, -0.2) is 8.42 Å². The first-order valence-corrected chi connectivity index (χ1v) is 11.3. The normalized spacial score (nSPS) is 15.4. The summed E-state index contributed by atoms with van der Waals surface area (Å²) in [5.41, 5.74) is 0.503. The van der Waals surface area contributed by atoms with Crippen molar-refractivity contribution in [1.82, 2.24) is 9.80 Å². The Kier molecular flexibility index (Phi) is 6.59. The largest absolute Gasteiger partial charge is 0.491 e. The number of piperazine rings is 1. The number of rotatable bonds is 6. The van der Waals surface area contributed by atoms with Crippen LogP contribution in [0.4, 0.5) is 0 Å². The average molecular weight is 423 g/mol. The van der Waals surface area contributed by atoms with E-state index in [0.29, 0.717) is 36.0 Å². The summed E-state index contributed by atoms with van der Waals surface area (Å²) in [7, 11) is -3.26. The van der Waals surface area contributed by atoms with Gasteiger partial charge >= 0.3 is 0 Å². The van der Waals surface area contributed by atoms with E-state index in [2.05, 4.69) is 4.90 Å². The van der Waals surface area contributed by atoms with Crippen molar-refractivity contribution in [3.63, 3.8) is 0 Å². The van der Waals surface area contributed by atoms with Crippen LogP contribution in [0.3, 0.4) is 0 Å². The van der Waals surface area contributed by atoms with Crippen molar-refractivity contribution in [2.75, 3.05) is 45.6 Å². The number of ether oxygens (including phenoxy) is 1. The monoisotopic (exact) mass is 422 g/mol. The summed E-state index contributed by atoms with van der Waals surface area (Å²) in [5, 5.41) is 0.597. The fourth-order valence-electron chi connectivity index (χ4n) is 3.05. The van der Waals surface area contributed by atoms with Gasteiger partial charge in [-0.05, 0) is 36.4 Å². The van der Waals surface area contributed by atoms with Gasteiger partial charge in [0.1, 0.15) is 12.4 Å². The van der Waals surface area contributed by atoms with E-state index < -0.39 is 9.84 Å². The molecule has 6 nitrogen and oxygen atoms in total. The molecule has 2 aromatic rings. The minimum Gasteiger partial charge on any atom is -0.491 e. The molecule has 3 rings (SSSR count). The summed E-state index contributed by atoms with van der Waals surface area (Å²) in [6.45, 7) is 4.07. The highest BCUT2D eigenvalue weighted by Crippen LogP contribution is 2.23. The van der Waals surface area contributed by atoms with Crippen LogP contribution >= 0.6 is 11.6 Å². The van der Waals surface area contributed by atoms with E-state index in [-0.39, 0.29) is 10.8 Å². The quantitative estimate of drug-likeness (QED) is 0.715. The van der Waals surface area contributed by atoms with Gasteiger partial charge in [0, 0.05) is 44.5 Å². The van der Waals surface area contributed by atoms with Gasteiger partial charge in [-0.15, -0.1) is 0 Å². The van der Waals surface area contributed by atoms with Gasteiger partial charge in [-0.3, -0.25) is 9.69 Å². The second kappa shape index (κ2) is 8.94. The number of amides is 1. The zero-order chi connectivity index (χ0) is 20.1. The molecule has 0 aliphatic carbocycles. The highest BCUT2D eigenvalue weighted by atomic mass is 35.5. The molecule has 0 aromatic heterocycles. The Morgan fingerprint density at radius 1 is 1.04 bits per heavy atom. The Morgan fingerprint density at radius 3 is 2.29 bits per heavy atom. The summed E-state index contributed by atoms with van der Waals surface area (Å²) in [4.78, 5) is 16.9. The molecule has 28 heavy (non-hydrogen) atoms. The SMILES string of the molecule is CS(=O)(=O)c1ccc(C(=O)N2CCN(CCOc3ccccc3Cl)CC2)cc1. The minimum absolute atomic E-state index is 0.0768. The maximum Gasteiger partial charge on any atom is 0.253 e. The van der Waals surface area contributed by atoms with Gasteiger partial charge in [0.25, 0.3) is 5.91 Å². The number of para-hydroxylation sites is 1. The molecule has 0 bridgehead atoms. The number of nitrogens with zero attached hydrogens (tertiary/aromatic N) is 2. The highest BCUT2D eigenvalue weighted by molar-refractivity contribution is 7.90. The maximum atomic E-state index is 12.6. The van der Waals surface area contributed by atoms with Gasteiger partial charge in [0.05, 0.1) is 9.92 Å². The first-order chi connectivity index (χ1) is 13.3. The van der Waals surface area contributed by atoms with E-state index >= 15 is 0 Å². The lowest BCUT2D eigenvalue weighted by molar-refractivity contribution is 0.0620. The molecule has 1 amide bonds. The van der Waals surface area contributed by atoms with Crippen LogP contribution in [0.15, 0.2) is 53.4 Å². The van der Waals surface area contributed by atoms with Crippen LogP contribution in [-0.4, -0.2) is 69.7 Å². The number of hydrogen-bond acceptors (Lipinski definition) is 5. The topological polar surface area (TPSA) is 66.9 Å². The third-order valence-electron chi connectivity index (χ3n) is 4.69. The van der Waals surface area contributed by atoms with Crippen LogP contribution in [0.1, 0.15) is 10.4 Å². The maximum absolute atomic E-state index is 12.6. The van der Waals surface area contributed by atoms with Crippen molar-refractivity contribution in [1.29, 1.82) is 0 Å². The summed E-state index contributed by atoms with van der Waals surface area (Å²) in [5.74, 6) is 0.600. The second-order valence-electron chi connectivity index (χ2n) is 6.71. The van der Waals surface area contributed by atoms with Gasteiger partial charge in [-0.1, -0.05) is 23.7 Å². The zero-order valence-electron chi connectivity index (χ0n) is 15.7. The van der Waals surface area contributed by atoms with E-state index in [0.717, 1.165) is 25.9 Å². The average Bonchev–Trinajstić information content (AvgIpc) is 2.69. The molecule has 0 radical (unpaired) electrons. The van der Waals surface area contributed by atoms with Crippen molar-refractivity contribution >= 4 is 27.3 Å². The van der Waals surface area contributed by atoms with Crippen LogP contribution < -0.4 is 4.74 Å². The number of carbonyl (C=O) groups excluding carboxylic acids is 1. The summed E-state index contributed by atoms with van der Waals surface area (Å²) in [6, 6.07) is 13.5. The van der Waals surface area contributed by atoms with Crippen molar-refractivity contribution in [3.05, 3.63) is 59.1 Å². The van der Waals surface area contributed by atoms with Crippen LogP contribution in [0, 0.1) is 0 Å². The highest BCUT2D eigenvalue weighted by Gasteiger charge is 2.22. The first kappa shape index (κ1) is 20.6. The molecule has 1 fully saturated rings. The minimum atomic E-state index is -3.26. The molecular weight excluding hydrogens is 400 g/mol. The van der Waals surface area contributed by atoms with E-state index in [1.807, 2.05) is 18.2 Å². The van der Waals surface area contributed by atoms with E-state index in [1.165, 1.54) is 12.1 Å². The van der Waals surface area contributed by atoms with Gasteiger partial charge in [0.2, 0.25) is 0 Å². The predicted octanol–water partition coefficient (Wildman–Crippen LogP) is 2.58. The van der Waals surface area contributed by atoms with Crippen molar-refractivity contribution in [3.8, 4) is 5.75 Å². The predicted molar refractivity (Wildman–Crippen MR) is 109 cm³/mol. The number of benzene rings is 2. The Balaban J connectivity index is 1.47. The molecule has 1 aliphatic rings. The smallest absolute Gasteiger partial charge is 0.253 e. The summed E-state index contributed by atoms with van der Waals surface area (Å²) < 4.78 is 28.8. The van der Waals surface area contributed by atoms with Crippen molar-refractivity contribution < 1.29 is 17.9 Å². The fraction of sp³-hybridized carbons (Fsp3) is 0.350.